The minimum atomic E-state index is 0.197. The average Bonchev–Trinajstić information content (AvgIpc) is 2.41. The fraction of sp³-hybridized carbons (Fsp3) is 0.0714. The van der Waals surface area contributed by atoms with Crippen LogP contribution in [0.25, 0.3) is 0 Å². The maximum Gasteiger partial charge on any atom is 0.143 e. The Hall–Kier alpha value is -2.49. The van der Waals surface area contributed by atoms with E-state index in [9.17, 15) is 5.11 Å². The van der Waals surface area contributed by atoms with Crippen LogP contribution in [0, 0.1) is 0 Å². The van der Waals surface area contributed by atoms with E-state index in [2.05, 4.69) is 10.5 Å². The smallest absolute Gasteiger partial charge is 0.143 e. The van der Waals surface area contributed by atoms with E-state index in [-0.39, 0.29) is 5.75 Å². The van der Waals surface area contributed by atoms with E-state index in [4.69, 9.17) is 4.74 Å². The van der Waals surface area contributed by atoms with E-state index in [1.165, 1.54) is 0 Å². The molecule has 0 aliphatic carbocycles. The number of anilines is 1. The highest BCUT2D eigenvalue weighted by Gasteiger charge is 1.99. The first-order valence-electron chi connectivity index (χ1n) is 5.51. The van der Waals surface area contributed by atoms with Crippen molar-refractivity contribution in [2.24, 2.45) is 5.10 Å². The van der Waals surface area contributed by atoms with Crippen molar-refractivity contribution in [1.82, 2.24) is 0 Å². The quantitative estimate of drug-likeness (QED) is 0.640. The summed E-state index contributed by atoms with van der Waals surface area (Å²) < 4.78 is 5.19. The molecule has 0 radical (unpaired) electrons. The lowest BCUT2D eigenvalue weighted by molar-refractivity contribution is 0.416. The van der Waals surface area contributed by atoms with E-state index in [0.29, 0.717) is 11.3 Å². The summed E-state index contributed by atoms with van der Waals surface area (Å²) in [5.74, 6) is 0.912. The maximum atomic E-state index is 9.56. The number of phenolic OH excluding ortho intramolecular Hbond substituents is 1. The molecule has 0 bridgehead atoms. The Labute approximate surface area is 106 Å². The van der Waals surface area contributed by atoms with Gasteiger partial charge in [-0.15, -0.1) is 0 Å². The lowest BCUT2D eigenvalue weighted by Crippen LogP contribution is -1.94. The third-order valence-electron chi connectivity index (χ3n) is 2.43. The van der Waals surface area contributed by atoms with Gasteiger partial charge in [0.25, 0.3) is 0 Å². The summed E-state index contributed by atoms with van der Waals surface area (Å²) in [6.45, 7) is 0. The van der Waals surface area contributed by atoms with E-state index in [1.807, 2.05) is 30.3 Å². The summed E-state index contributed by atoms with van der Waals surface area (Å²) in [6.07, 6.45) is 1.56. The van der Waals surface area contributed by atoms with E-state index in [1.54, 1.807) is 31.5 Å². The second-order valence-electron chi connectivity index (χ2n) is 3.63. The predicted octanol–water partition coefficient (Wildman–Crippen LogP) is 2.85. The molecule has 2 rings (SSSR count). The van der Waals surface area contributed by atoms with Gasteiger partial charge in [0.05, 0.1) is 19.0 Å². The first kappa shape index (κ1) is 12.0. The van der Waals surface area contributed by atoms with Crippen LogP contribution >= 0.6 is 0 Å². The Balaban J connectivity index is 2.10. The van der Waals surface area contributed by atoms with Crippen LogP contribution in [-0.2, 0) is 0 Å². The molecule has 4 heteroatoms. The maximum absolute atomic E-state index is 9.56. The molecule has 0 saturated heterocycles. The third-order valence-corrected chi connectivity index (χ3v) is 2.43. The molecular formula is C14H14N2O2. The summed E-state index contributed by atoms with van der Waals surface area (Å²) in [7, 11) is 1.60. The zero-order valence-corrected chi connectivity index (χ0v) is 10.00. The molecule has 0 heterocycles. The summed E-state index contributed by atoms with van der Waals surface area (Å²) in [4.78, 5) is 0. The van der Waals surface area contributed by atoms with Crippen LogP contribution in [0.3, 0.4) is 0 Å². The lowest BCUT2D eigenvalue weighted by Gasteiger charge is -2.06. The van der Waals surface area contributed by atoms with Crippen molar-refractivity contribution in [3.05, 3.63) is 54.1 Å². The highest BCUT2D eigenvalue weighted by Crippen LogP contribution is 2.22. The normalized spacial score (nSPS) is 10.5. The number of hydrogen-bond acceptors (Lipinski definition) is 4. The Morgan fingerprint density at radius 1 is 1.11 bits per heavy atom. The van der Waals surface area contributed by atoms with Crippen molar-refractivity contribution in [3.63, 3.8) is 0 Å². The van der Waals surface area contributed by atoms with Gasteiger partial charge in [-0.25, -0.2) is 0 Å². The van der Waals surface area contributed by atoms with Gasteiger partial charge in [-0.2, -0.15) is 5.10 Å². The molecule has 0 amide bonds. The molecule has 2 aromatic carbocycles. The molecule has 0 aromatic heterocycles. The Morgan fingerprint density at radius 2 is 1.83 bits per heavy atom. The van der Waals surface area contributed by atoms with Crippen LogP contribution in [0.5, 0.6) is 11.5 Å². The molecule has 2 N–H and O–H groups in total. The molecular weight excluding hydrogens is 228 g/mol. The standard InChI is InChI=1S/C14H14N2O2/c1-18-14-9-5-3-7-12(14)16-15-10-11-6-2-4-8-13(11)17/h2-10,16-17H,1H3/b15-10+. The number of nitrogens with zero attached hydrogens (tertiary/aromatic N) is 1. The highest BCUT2D eigenvalue weighted by molar-refractivity contribution is 5.83. The third kappa shape index (κ3) is 2.79. The summed E-state index contributed by atoms with van der Waals surface area (Å²) in [5, 5.41) is 13.6. The fourth-order valence-corrected chi connectivity index (χ4v) is 1.51. The molecule has 0 aliphatic rings. The second-order valence-corrected chi connectivity index (χ2v) is 3.63. The number of ether oxygens (including phenoxy) is 1. The van der Waals surface area contributed by atoms with Gasteiger partial charge in [0, 0.05) is 5.56 Å². The Kier molecular flexibility index (Phi) is 3.81. The van der Waals surface area contributed by atoms with Crippen molar-refractivity contribution in [2.75, 3.05) is 12.5 Å². The highest BCUT2D eigenvalue weighted by atomic mass is 16.5. The summed E-state index contributed by atoms with van der Waals surface area (Å²) in [6, 6.07) is 14.5. The number of hydrogen-bond donors (Lipinski definition) is 2. The molecule has 4 nitrogen and oxygen atoms in total. The number of para-hydroxylation sites is 3. The van der Waals surface area contributed by atoms with Crippen LogP contribution < -0.4 is 10.2 Å². The van der Waals surface area contributed by atoms with Crippen molar-refractivity contribution in [2.45, 2.75) is 0 Å². The van der Waals surface area contributed by atoms with E-state index >= 15 is 0 Å². The van der Waals surface area contributed by atoms with Crippen molar-refractivity contribution >= 4 is 11.9 Å². The molecule has 18 heavy (non-hydrogen) atoms. The van der Waals surface area contributed by atoms with Gasteiger partial charge in [0.2, 0.25) is 0 Å². The van der Waals surface area contributed by atoms with Gasteiger partial charge in [0.1, 0.15) is 11.5 Å². The number of methoxy groups -OCH3 is 1. The van der Waals surface area contributed by atoms with Gasteiger partial charge >= 0.3 is 0 Å². The first-order valence-corrected chi connectivity index (χ1v) is 5.51. The van der Waals surface area contributed by atoms with Crippen LogP contribution in [0.2, 0.25) is 0 Å². The van der Waals surface area contributed by atoms with Crippen molar-refractivity contribution in [3.8, 4) is 11.5 Å². The first-order chi connectivity index (χ1) is 8.81. The van der Waals surface area contributed by atoms with Crippen LogP contribution in [0.1, 0.15) is 5.56 Å². The Morgan fingerprint density at radius 3 is 2.61 bits per heavy atom. The van der Waals surface area contributed by atoms with Gasteiger partial charge in [0.15, 0.2) is 0 Å². The molecule has 2 aromatic rings. The van der Waals surface area contributed by atoms with E-state index in [0.717, 1.165) is 5.69 Å². The number of rotatable bonds is 4. The fourth-order valence-electron chi connectivity index (χ4n) is 1.51. The molecule has 0 atom stereocenters. The van der Waals surface area contributed by atoms with Gasteiger partial charge in [-0.3, -0.25) is 5.43 Å². The van der Waals surface area contributed by atoms with Crippen molar-refractivity contribution in [1.29, 1.82) is 0 Å². The van der Waals surface area contributed by atoms with Crippen LogP contribution in [-0.4, -0.2) is 18.4 Å². The van der Waals surface area contributed by atoms with E-state index < -0.39 is 0 Å². The second kappa shape index (κ2) is 5.72. The minimum Gasteiger partial charge on any atom is -0.507 e. The lowest BCUT2D eigenvalue weighted by atomic mass is 10.2. The number of nitrogens with one attached hydrogen (secondary N) is 1. The van der Waals surface area contributed by atoms with Crippen LogP contribution in [0.4, 0.5) is 5.69 Å². The molecule has 92 valence electrons. The number of phenols is 1. The average molecular weight is 242 g/mol. The molecule has 0 unspecified atom stereocenters. The number of hydrazone groups is 1. The minimum absolute atomic E-state index is 0.197. The van der Waals surface area contributed by atoms with Crippen LogP contribution in [0.15, 0.2) is 53.6 Å². The molecule has 0 aliphatic heterocycles. The summed E-state index contributed by atoms with van der Waals surface area (Å²) in [5.41, 5.74) is 4.30. The zero-order valence-electron chi connectivity index (χ0n) is 10.00. The van der Waals surface area contributed by atoms with Gasteiger partial charge < -0.3 is 9.84 Å². The Bertz CT molecular complexity index is 553. The van der Waals surface area contributed by atoms with Gasteiger partial charge in [-0.05, 0) is 24.3 Å². The molecule has 0 saturated carbocycles. The SMILES string of the molecule is COc1ccccc1N/N=C/c1ccccc1O. The monoisotopic (exact) mass is 242 g/mol. The molecule has 0 spiro atoms. The number of benzene rings is 2. The largest absolute Gasteiger partial charge is 0.507 e. The number of aromatic hydroxyl groups is 1. The molecule has 0 fully saturated rings. The zero-order chi connectivity index (χ0) is 12.8. The topological polar surface area (TPSA) is 53.8 Å². The van der Waals surface area contributed by atoms with Crippen molar-refractivity contribution < 1.29 is 9.84 Å². The predicted molar refractivity (Wildman–Crippen MR) is 72.3 cm³/mol. The van der Waals surface area contributed by atoms with Gasteiger partial charge in [-0.1, -0.05) is 24.3 Å². The summed E-state index contributed by atoms with van der Waals surface area (Å²) >= 11 is 0.